The van der Waals surface area contributed by atoms with Crippen molar-refractivity contribution in [2.75, 3.05) is 6.61 Å². The second-order valence-corrected chi connectivity index (χ2v) is 4.93. The van der Waals surface area contributed by atoms with Gasteiger partial charge in [0.1, 0.15) is 0 Å². The van der Waals surface area contributed by atoms with Crippen molar-refractivity contribution in [3.05, 3.63) is 6.42 Å². The van der Waals surface area contributed by atoms with Crippen LogP contribution in [-0.2, 0) is 9.53 Å². The van der Waals surface area contributed by atoms with E-state index in [1.807, 2.05) is 6.92 Å². The van der Waals surface area contributed by atoms with Gasteiger partial charge in [-0.3, -0.25) is 4.79 Å². The van der Waals surface area contributed by atoms with Crippen LogP contribution in [0, 0.1) is 6.42 Å². The fourth-order valence-electron chi connectivity index (χ4n) is 2.05. The molecule has 2 nitrogen and oxygen atoms in total. The van der Waals surface area contributed by atoms with Crippen LogP contribution in [0.25, 0.3) is 0 Å². The summed E-state index contributed by atoms with van der Waals surface area (Å²) in [6.45, 7) is 4.58. The summed E-state index contributed by atoms with van der Waals surface area (Å²) in [4.78, 5) is 11.0. The second-order valence-electron chi connectivity index (χ2n) is 4.93. The van der Waals surface area contributed by atoms with Crippen LogP contribution in [0.3, 0.4) is 0 Å². The van der Waals surface area contributed by atoms with Gasteiger partial charge in [0.25, 0.3) is 0 Å². The van der Waals surface area contributed by atoms with Crippen LogP contribution in [0.15, 0.2) is 0 Å². The predicted octanol–water partition coefficient (Wildman–Crippen LogP) is 5.06. The first kappa shape index (κ1) is 17.5. The summed E-state index contributed by atoms with van der Waals surface area (Å²) in [5.74, 6) is -0.159. The Morgan fingerprint density at radius 2 is 1.33 bits per heavy atom. The lowest BCUT2D eigenvalue weighted by atomic mass is 10.1. The predicted molar refractivity (Wildman–Crippen MR) is 77.4 cm³/mol. The van der Waals surface area contributed by atoms with Crippen LogP contribution in [-0.4, -0.2) is 12.6 Å². The minimum atomic E-state index is -0.159. The van der Waals surface area contributed by atoms with Gasteiger partial charge in [-0.15, -0.1) is 0 Å². The molecule has 0 N–H and O–H groups in total. The average molecular weight is 255 g/mol. The Kier molecular flexibility index (Phi) is 14.1. The van der Waals surface area contributed by atoms with E-state index in [1.165, 1.54) is 57.8 Å². The van der Waals surface area contributed by atoms with Crippen molar-refractivity contribution in [1.82, 2.24) is 0 Å². The minimum Gasteiger partial charge on any atom is -0.466 e. The monoisotopic (exact) mass is 255 g/mol. The lowest BCUT2D eigenvalue weighted by molar-refractivity contribution is -0.139. The fourth-order valence-corrected chi connectivity index (χ4v) is 2.05. The highest BCUT2D eigenvalue weighted by Crippen LogP contribution is 2.11. The summed E-state index contributed by atoms with van der Waals surface area (Å²) in [6.07, 6.45) is 15.9. The lowest BCUT2D eigenvalue weighted by Crippen LogP contribution is -2.03. The Hall–Kier alpha value is -0.530. The van der Waals surface area contributed by atoms with Crippen molar-refractivity contribution in [2.24, 2.45) is 0 Å². The van der Waals surface area contributed by atoms with Gasteiger partial charge in [0.05, 0.1) is 13.0 Å². The summed E-state index contributed by atoms with van der Waals surface area (Å²) >= 11 is 0. The third-order valence-corrected chi connectivity index (χ3v) is 3.16. The van der Waals surface area contributed by atoms with Crippen LogP contribution < -0.4 is 0 Å². The van der Waals surface area contributed by atoms with Crippen LogP contribution in [0.1, 0.15) is 84.5 Å². The van der Waals surface area contributed by atoms with E-state index in [0.717, 1.165) is 12.8 Å². The number of carbonyl (C=O) groups is 1. The van der Waals surface area contributed by atoms with Gasteiger partial charge in [-0.25, -0.2) is 0 Å². The number of carbonyl (C=O) groups excluding carboxylic acids is 1. The number of hydrogen-bond donors (Lipinski definition) is 0. The van der Waals surface area contributed by atoms with Gasteiger partial charge in [-0.05, 0) is 13.3 Å². The molecule has 2 heteroatoms. The smallest absolute Gasteiger partial charge is 0.309 e. The van der Waals surface area contributed by atoms with Crippen molar-refractivity contribution in [2.45, 2.75) is 84.5 Å². The summed E-state index contributed by atoms with van der Waals surface area (Å²) in [6, 6.07) is 0. The highest BCUT2D eigenvalue weighted by Gasteiger charge is 2.01. The Morgan fingerprint density at radius 3 is 1.83 bits per heavy atom. The Balaban J connectivity index is 3.01. The van der Waals surface area contributed by atoms with Gasteiger partial charge < -0.3 is 4.74 Å². The van der Waals surface area contributed by atoms with E-state index in [4.69, 9.17) is 4.74 Å². The van der Waals surface area contributed by atoms with E-state index in [-0.39, 0.29) is 5.97 Å². The molecule has 0 unspecified atom stereocenters. The average Bonchev–Trinajstić information content (AvgIpc) is 2.36. The van der Waals surface area contributed by atoms with Gasteiger partial charge in [-0.2, -0.15) is 0 Å². The number of esters is 1. The van der Waals surface area contributed by atoms with Crippen molar-refractivity contribution in [3.63, 3.8) is 0 Å². The van der Waals surface area contributed by atoms with Gasteiger partial charge in [0, 0.05) is 0 Å². The fraction of sp³-hybridized carbons (Fsp3) is 0.875. The van der Waals surface area contributed by atoms with E-state index in [2.05, 4.69) is 6.92 Å². The molecule has 0 fully saturated rings. The third kappa shape index (κ3) is 13.5. The maximum absolute atomic E-state index is 11.0. The largest absolute Gasteiger partial charge is 0.466 e. The molecule has 0 aromatic heterocycles. The molecule has 0 aromatic carbocycles. The molecule has 1 radical (unpaired) electrons. The van der Waals surface area contributed by atoms with Gasteiger partial charge in [-0.1, -0.05) is 71.1 Å². The maximum Gasteiger partial charge on any atom is 0.309 e. The first-order chi connectivity index (χ1) is 8.81. The van der Waals surface area contributed by atoms with Crippen molar-refractivity contribution in [1.29, 1.82) is 0 Å². The van der Waals surface area contributed by atoms with Crippen LogP contribution in [0.5, 0.6) is 0 Å². The Bertz CT molecular complexity index is 178. The maximum atomic E-state index is 11.0. The molecule has 0 atom stereocenters. The number of rotatable bonds is 13. The highest BCUT2D eigenvalue weighted by atomic mass is 16.5. The molecule has 18 heavy (non-hydrogen) atoms. The molecule has 0 aromatic rings. The van der Waals surface area contributed by atoms with Crippen molar-refractivity contribution >= 4 is 5.97 Å². The molecular weight excluding hydrogens is 224 g/mol. The Morgan fingerprint density at radius 1 is 0.833 bits per heavy atom. The van der Waals surface area contributed by atoms with Gasteiger partial charge in [0.15, 0.2) is 0 Å². The van der Waals surface area contributed by atoms with E-state index in [1.54, 1.807) is 6.42 Å². The second kappa shape index (κ2) is 14.5. The zero-order valence-corrected chi connectivity index (χ0v) is 12.4. The molecular formula is C16H31O2. The topological polar surface area (TPSA) is 26.3 Å². The minimum absolute atomic E-state index is 0.159. The first-order valence-electron chi connectivity index (χ1n) is 7.81. The van der Waals surface area contributed by atoms with Crippen LogP contribution >= 0.6 is 0 Å². The number of unbranched alkanes of at least 4 members (excludes halogenated alkanes) is 10. The molecule has 0 bridgehead atoms. The molecule has 0 rings (SSSR count). The molecule has 0 aliphatic carbocycles. The van der Waals surface area contributed by atoms with Crippen molar-refractivity contribution < 1.29 is 9.53 Å². The molecule has 0 spiro atoms. The summed E-state index contributed by atoms with van der Waals surface area (Å²) in [5, 5.41) is 0. The summed E-state index contributed by atoms with van der Waals surface area (Å²) in [7, 11) is 0. The van der Waals surface area contributed by atoms with Crippen LogP contribution in [0.4, 0.5) is 0 Å². The van der Waals surface area contributed by atoms with E-state index in [0.29, 0.717) is 6.61 Å². The normalized spacial score (nSPS) is 10.6. The molecule has 0 saturated carbocycles. The molecule has 0 aliphatic heterocycles. The van der Waals surface area contributed by atoms with Crippen molar-refractivity contribution in [3.8, 4) is 0 Å². The van der Waals surface area contributed by atoms with Gasteiger partial charge in [0.2, 0.25) is 0 Å². The summed E-state index contributed by atoms with van der Waals surface area (Å²) < 4.78 is 4.84. The number of ether oxygens (including phenoxy) is 1. The van der Waals surface area contributed by atoms with E-state index >= 15 is 0 Å². The Labute approximate surface area is 113 Å². The quantitative estimate of drug-likeness (QED) is 0.339. The zero-order chi connectivity index (χ0) is 13.5. The lowest BCUT2D eigenvalue weighted by Gasteiger charge is -2.02. The zero-order valence-electron chi connectivity index (χ0n) is 12.4. The highest BCUT2D eigenvalue weighted by molar-refractivity contribution is 5.78. The van der Waals surface area contributed by atoms with E-state index < -0.39 is 0 Å². The molecule has 0 heterocycles. The van der Waals surface area contributed by atoms with E-state index in [9.17, 15) is 4.79 Å². The SMILES string of the molecule is CCCCCCCCCCCC[CH]C(=O)OCC. The standard InChI is InChI=1S/C16H31O2/c1-3-5-6-7-8-9-10-11-12-13-14-15-16(17)18-4-2/h15H,3-14H2,1-2H3. The van der Waals surface area contributed by atoms with Gasteiger partial charge >= 0.3 is 5.97 Å². The third-order valence-electron chi connectivity index (χ3n) is 3.16. The van der Waals surface area contributed by atoms with Crippen LogP contribution in [0.2, 0.25) is 0 Å². The molecule has 0 amide bonds. The molecule has 107 valence electrons. The molecule has 0 saturated heterocycles. The number of hydrogen-bond acceptors (Lipinski definition) is 2. The summed E-state index contributed by atoms with van der Waals surface area (Å²) in [5.41, 5.74) is 0. The molecule has 0 aliphatic rings. The first-order valence-corrected chi connectivity index (χ1v) is 7.81.